The maximum atomic E-state index is 12.1. The van der Waals surface area contributed by atoms with E-state index in [-0.39, 0.29) is 36.7 Å². The molecule has 7 heteroatoms. The summed E-state index contributed by atoms with van der Waals surface area (Å²) >= 11 is 0. The second-order valence-electron chi connectivity index (χ2n) is 5.93. The lowest BCUT2D eigenvalue weighted by atomic mass is 10.0. The van der Waals surface area contributed by atoms with Crippen LogP contribution in [0.4, 0.5) is 4.79 Å². The number of ketones is 2. The van der Waals surface area contributed by atoms with Gasteiger partial charge in [-0.25, -0.2) is 4.79 Å². The zero-order valence-electron chi connectivity index (χ0n) is 15.6. The molecule has 0 aromatic heterocycles. The van der Waals surface area contributed by atoms with E-state index in [4.69, 9.17) is 14.2 Å². The molecule has 0 spiro atoms. The average Bonchev–Trinajstić information content (AvgIpc) is 3.00. The molecule has 1 heterocycles. The summed E-state index contributed by atoms with van der Waals surface area (Å²) in [6.07, 6.45) is 3.24. The molecule has 1 aliphatic heterocycles. The molecule has 2 atom stereocenters. The summed E-state index contributed by atoms with van der Waals surface area (Å²) in [5, 5.41) is 0. The van der Waals surface area contributed by atoms with Gasteiger partial charge in [0.25, 0.3) is 0 Å². The van der Waals surface area contributed by atoms with E-state index < -0.39 is 6.09 Å². The third-order valence-corrected chi connectivity index (χ3v) is 4.31. The monoisotopic (exact) mass is 355 g/mol. The van der Waals surface area contributed by atoms with Gasteiger partial charge in [0.15, 0.2) is 5.78 Å². The number of hydrogen-bond donors (Lipinski definition) is 0. The Hall–Kier alpha value is -1.89. The van der Waals surface area contributed by atoms with Crippen LogP contribution < -0.4 is 0 Å². The van der Waals surface area contributed by atoms with Crippen LogP contribution in [-0.2, 0) is 23.8 Å². The predicted octanol–water partition coefficient (Wildman–Crippen LogP) is 2.83. The zero-order valence-corrected chi connectivity index (χ0v) is 15.6. The molecule has 0 aromatic rings. The number of amides is 1. The Morgan fingerprint density at radius 1 is 1.16 bits per heavy atom. The maximum absolute atomic E-state index is 12.1. The molecule has 25 heavy (non-hydrogen) atoms. The second-order valence-corrected chi connectivity index (χ2v) is 5.93. The molecule has 0 N–H and O–H groups in total. The SMILES string of the molecule is CCOC1CC[C@H](CCC(=O)CC(=O)/C(=C/OC)CC)N1C(=O)OC. The Kier molecular flexibility index (Phi) is 9.20. The smallest absolute Gasteiger partial charge is 0.411 e. The Labute approximate surface area is 149 Å². The second kappa shape index (κ2) is 10.9. The van der Waals surface area contributed by atoms with Gasteiger partial charge >= 0.3 is 6.09 Å². The highest BCUT2D eigenvalue weighted by Gasteiger charge is 2.38. The minimum Gasteiger partial charge on any atom is -0.504 e. The summed E-state index contributed by atoms with van der Waals surface area (Å²) in [5.74, 6) is -0.345. The molecule has 1 fully saturated rings. The molecule has 1 amide bonds. The van der Waals surface area contributed by atoms with Gasteiger partial charge in [-0.2, -0.15) is 0 Å². The first-order valence-electron chi connectivity index (χ1n) is 8.72. The topological polar surface area (TPSA) is 82.1 Å². The summed E-state index contributed by atoms with van der Waals surface area (Å²) in [6.45, 7) is 4.22. The molecule has 1 rings (SSSR count). The molecule has 142 valence electrons. The number of allylic oxidation sites excluding steroid dienone is 1. The van der Waals surface area contributed by atoms with E-state index in [1.165, 1.54) is 20.5 Å². The fourth-order valence-electron chi connectivity index (χ4n) is 3.06. The summed E-state index contributed by atoms with van der Waals surface area (Å²) in [5.41, 5.74) is 0.504. The number of rotatable bonds is 10. The first-order valence-corrected chi connectivity index (χ1v) is 8.72. The number of likely N-dealkylation sites (tertiary alicyclic amines) is 1. The van der Waals surface area contributed by atoms with E-state index in [0.717, 1.165) is 12.8 Å². The van der Waals surface area contributed by atoms with E-state index in [2.05, 4.69) is 0 Å². The van der Waals surface area contributed by atoms with E-state index in [1.807, 2.05) is 13.8 Å². The third kappa shape index (κ3) is 6.16. The van der Waals surface area contributed by atoms with Crippen molar-refractivity contribution in [1.82, 2.24) is 4.90 Å². The quantitative estimate of drug-likeness (QED) is 0.340. The van der Waals surface area contributed by atoms with Gasteiger partial charge in [-0.15, -0.1) is 0 Å². The molecule has 1 unspecified atom stereocenters. The number of ether oxygens (including phenoxy) is 3. The lowest BCUT2D eigenvalue weighted by Gasteiger charge is -2.28. The first-order chi connectivity index (χ1) is 12.0. The Bertz CT molecular complexity index is 502. The van der Waals surface area contributed by atoms with Crippen LogP contribution in [0.15, 0.2) is 11.8 Å². The highest BCUT2D eigenvalue weighted by molar-refractivity contribution is 6.07. The van der Waals surface area contributed by atoms with Crippen molar-refractivity contribution in [3.63, 3.8) is 0 Å². The molecule has 0 saturated carbocycles. The van der Waals surface area contributed by atoms with Gasteiger partial charge in [0.05, 0.1) is 26.9 Å². The third-order valence-electron chi connectivity index (χ3n) is 4.31. The van der Waals surface area contributed by atoms with Crippen LogP contribution >= 0.6 is 0 Å². The minimum atomic E-state index is -0.444. The van der Waals surface area contributed by atoms with E-state index in [9.17, 15) is 14.4 Å². The Balaban J connectivity index is 2.58. The van der Waals surface area contributed by atoms with E-state index in [0.29, 0.717) is 25.0 Å². The van der Waals surface area contributed by atoms with Crippen LogP contribution in [0.1, 0.15) is 52.4 Å². The number of Topliss-reactive ketones (excluding diaryl/α,β-unsaturated/α-hetero) is 2. The number of nitrogens with zero attached hydrogens (tertiary/aromatic N) is 1. The van der Waals surface area contributed by atoms with Gasteiger partial charge in [-0.3, -0.25) is 14.5 Å². The molecule has 0 radical (unpaired) electrons. The number of hydrogen-bond acceptors (Lipinski definition) is 6. The van der Waals surface area contributed by atoms with E-state index in [1.54, 1.807) is 4.90 Å². The van der Waals surface area contributed by atoms with Gasteiger partial charge in [0.1, 0.15) is 12.0 Å². The summed E-state index contributed by atoms with van der Waals surface area (Å²) in [6, 6.07) is -0.108. The van der Waals surface area contributed by atoms with Crippen LogP contribution in [0.5, 0.6) is 0 Å². The summed E-state index contributed by atoms with van der Waals surface area (Å²) in [7, 11) is 2.81. The van der Waals surface area contributed by atoms with Crippen LogP contribution in [0.3, 0.4) is 0 Å². The number of carbonyl (C=O) groups excluding carboxylic acids is 3. The van der Waals surface area contributed by atoms with Crippen molar-refractivity contribution >= 4 is 17.7 Å². The first kappa shape index (κ1) is 21.2. The zero-order chi connectivity index (χ0) is 18.8. The van der Waals surface area contributed by atoms with Crippen LogP contribution in [0.25, 0.3) is 0 Å². The highest BCUT2D eigenvalue weighted by Crippen LogP contribution is 2.29. The number of carbonyl (C=O) groups is 3. The van der Waals surface area contributed by atoms with Crippen molar-refractivity contribution < 1.29 is 28.6 Å². The normalized spacial score (nSPS) is 20.5. The maximum Gasteiger partial charge on any atom is 0.411 e. The van der Waals surface area contributed by atoms with Gasteiger partial charge in [0, 0.05) is 24.6 Å². The van der Waals surface area contributed by atoms with Crippen LogP contribution in [0.2, 0.25) is 0 Å². The van der Waals surface area contributed by atoms with Crippen molar-refractivity contribution in [2.24, 2.45) is 0 Å². The summed E-state index contributed by atoms with van der Waals surface area (Å²) in [4.78, 5) is 37.8. The van der Waals surface area contributed by atoms with Crippen molar-refractivity contribution in [2.45, 2.75) is 64.6 Å². The molecule has 0 bridgehead atoms. The number of methoxy groups -OCH3 is 2. The standard InChI is InChI=1S/C18H29NO6/c1-5-13(12-23-3)16(21)11-15(20)9-7-14-8-10-17(25-6-2)19(14)18(22)24-4/h12,14,17H,5-11H2,1-4H3/b13-12+/t14-,17?/m0/s1. The predicted molar refractivity (Wildman–Crippen MR) is 91.9 cm³/mol. The van der Waals surface area contributed by atoms with Gasteiger partial charge in [-0.05, 0) is 32.6 Å². The Morgan fingerprint density at radius 2 is 1.88 bits per heavy atom. The van der Waals surface area contributed by atoms with Gasteiger partial charge < -0.3 is 14.2 Å². The molecule has 0 aliphatic carbocycles. The van der Waals surface area contributed by atoms with Gasteiger partial charge in [-0.1, -0.05) is 6.92 Å². The lowest BCUT2D eigenvalue weighted by molar-refractivity contribution is -0.125. The fourth-order valence-corrected chi connectivity index (χ4v) is 3.06. The van der Waals surface area contributed by atoms with Gasteiger partial charge in [0.2, 0.25) is 0 Å². The fraction of sp³-hybridized carbons (Fsp3) is 0.722. The molecule has 7 nitrogen and oxygen atoms in total. The molecular weight excluding hydrogens is 326 g/mol. The molecule has 1 aliphatic rings. The largest absolute Gasteiger partial charge is 0.504 e. The van der Waals surface area contributed by atoms with Crippen molar-refractivity contribution in [2.75, 3.05) is 20.8 Å². The Morgan fingerprint density at radius 3 is 2.44 bits per heavy atom. The van der Waals surface area contributed by atoms with E-state index >= 15 is 0 Å². The molecule has 1 saturated heterocycles. The summed E-state index contributed by atoms with van der Waals surface area (Å²) < 4.78 is 15.3. The molecular formula is C18H29NO6. The van der Waals surface area contributed by atoms with Crippen LogP contribution in [-0.4, -0.2) is 55.7 Å². The van der Waals surface area contributed by atoms with Crippen molar-refractivity contribution in [3.05, 3.63) is 11.8 Å². The lowest BCUT2D eigenvalue weighted by Crippen LogP contribution is -2.42. The highest BCUT2D eigenvalue weighted by atomic mass is 16.6. The molecule has 0 aromatic carbocycles. The minimum absolute atomic E-state index is 0.108. The van der Waals surface area contributed by atoms with Crippen molar-refractivity contribution in [3.8, 4) is 0 Å². The van der Waals surface area contributed by atoms with Crippen molar-refractivity contribution in [1.29, 1.82) is 0 Å². The van der Waals surface area contributed by atoms with Crippen LogP contribution in [0, 0.1) is 0 Å². The average molecular weight is 355 g/mol.